The van der Waals surface area contributed by atoms with Crippen LogP contribution in [0.15, 0.2) is 24.7 Å². The predicted molar refractivity (Wildman–Crippen MR) is 69.5 cm³/mol. The van der Waals surface area contributed by atoms with Crippen LogP contribution in [0.2, 0.25) is 10.3 Å². The first-order valence-electron chi connectivity index (χ1n) is 5.45. The first kappa shape index (κ1) is 14.0. The van der Waals surface area contributed by atoms with Crippen LogP contribution in [-0.4, -0.2) is 24.7 Å². The molecule has 0 aliphatic heterocycles. The van der Waals surface area contributed by atoms with E-state index in [0.717, 1.165) is 16.9 Å². The molecule has 0 saturated heterocycles. The lowest BCUT2D eigenvalue weighted by molar-refractivity contribution is -0.137. The fourth-order valence-electron chi connectivity index (χ4n) is 1.73. The van der Waals surface area contributed by atoms with Crippen LogP contribution < -0.4 is 0 Å². The van der Waals surface area contributed by atoms with E-state index >= 15 is 0 Å². The maximum absolute atomic E-state index is 12.9. The molecule has 5 nitrogen and oxygen atoms in total. The Morgan fingerprint density at radius 3 is 2.52 bits per heavy atom. The molecule has 0 amide bonds. The Kier molecular flexibility index (Phi) is 3.22. The zero-order chi connectivity index (χ0) is 15.2. The smallest absolute Gasteiger partial charge is 0.235 e. The summed E-state index contributed by atoms with van der Waals surface area (Å²) in [6.07, 6.45) is -0.871. The molecule has 0 aromatic carbocycles. The summed E-state index contributed by atoms with van der Waals surface area (Å²) in [5.74, 6) is -0.0727. The Labute approximate surface area is 125 Å². The Morgan fingerprint density at radius 1 is 1.05 bits per heavy atom. The van der Waals surface area contributed by atoms with Crippen molar-refractivity contribution in [3.05, 3.63) is 40.5 Å². The van der Waals surface area contributed by atoms with E-state index in [2.05, 4.69) is 20.1 Å². The molecule has 0 fully saturated rings. The van der Waals surface area contributed by atoms with Gasteiger partial charge in [0.05, 0.1) is 22.2 Å². The van der Waals surface area contributed by atoms with Crippen molar-refractivity contribution in [1.29, 1.82) is 0 Å². The van der Waals surface area contributed by atoms with E-state index in [9.17, 15) is 13.2 Å². The molecule has 3 rings (SSSR count). The Hall–Kier alpha value is -1.93. The van der Waals surface area contributed by atoms with Gasteiger partial charge in [-0.05, 0) is 17.7 Å². The quantitative estimate of drug-likeness (QED) is 0.639. The minimum atomic E-state index is -4.59. The van der Waals surface area contributed by atoms with E-state index in [4.69, 9.17) is 23.2 Å². The molecule has 3 heterocycles. The lowest BCUT2D eigenvalue weighted by Gasteiger charge is -2.10. The first-order valence-corrected chi connectivity index (χ1v) is 6.21. The normalized spacial score (nSPS) is 12.0. The van der Waals surface area contributed by atoms with Gasteiger partial charge in [0.2, 0.25) is 5.28 Å². The van der Waals surface area contributed by atoms with Crippen molar-refractivity contribution >= 4 is 34.2 Å². The molecular weight excluding hydrogens is 330 g/mol. The van der Waals surface area contributed by atoms with Gasteiger partial charge < -0.3 is 0 Å². The number of alkyl halides is 3. The number of nitrogens with zero attached hydrogens (tertiary/aromatic N) is 5. The molecule has 3 aromatic heterocycles. The van der Waals surface area contributed by atoms with Crippen molar-refractivity contribution in [3.8, 4) is 5.82 Å². The van der Waals surface area contributed by atoms with Crippen LogP contribution in [0.1, 0.15) is 5.56 Å². The van der Waals surface area contributed by atoms with E-state index in [-0.39, 0.29) is 16.7 Å². The number of aromatic nitrogens is 5. The monoisotopic (exact) mass is 333 g/mol. The number of hydrogen-bond acceptors (Lipinski definition) is 4. The standard InChI is InChI=1S/C11H4Cl2F3N5/c12-7-4-17-8(1-6(7)11(14,15)16)21-9-5(3-19-21)2-18-10(13)20-9/h1-4H. The van der Waals surface area contributed by atoms with E-state index in [0.29, 0.717) is 5.39 Å². The molecule has 0 aliphatic carbocycles. The number of pyridine rings is 1. The third-order valence-electron chi connectivity index (χ3n) is 2.64. The molecule has 0 atom stereocenters. The van der Waals surface area contributed by atoms with Gasteiger partial charge in [0.1, 0.15) is 0 Å². The van der Waals surface area contributed by atoms with Gasteiger partial charge in [-0.3, -0.25) is 0 Å². The molecule has 0 bridgehead atoms. The zero-order valence-electron chi connectivity index (χ0n) is 9.94. The fraction of sp³-hybridized carbons (Fsp3) is 0.0909. The van der Waals surface area contributed by atoms with E-state index in [1.54, 1.807) is 0 Å². The summed E-state index contributed by atoms with van der Waals surface area (Å²) in [5, 5.41) is 3.92. The number of hydrogen-bond donors (Lipinski definition) is 0. The van der Waals surface area contributed by atoms with Gasteiger partial charge in [-0.1, -0.05) is 11.6 Å². The van der Waals surface area contributed by atoms with Crippen LogP contribution in [0, 0.1) is 0 Å². The predicted octanol–water partition coefficient (Wildman–Crippen LogP) is 3.54. The molecule has 0 spiro atoms. The molecule has 0 saturated carbocycles. The van der Waals surface area contributed by atoms with Gasteiger partial charge in [0.25, 0.3) is 0 Å². The molecule has 10 heteroatoms. The van der Waals surface area contributed by atoms with Crippen molar-refractivity contribution in [3.63, 3.8) is 0 Å². The number of rotatable bonds is 1. The lowest BCUT2D eigenvalue weighted by atomic mass is 10.2. The maximum atomic E-state index is 12.9. The van der Waals surface area contributed by atoms with Crippen molar-refractivity contribution in [2.75, 3.05) is 0 Å². The Bertz CT molecular complexity index is 830. The summed E-state index contributed by atoms with van der Waals surface area (Å²) in [6, 6.07) is 0.796. The summed E-state index contributed by atoms with van der Waals surface area (Å²) in [5.41, 5.74) is -0.754. The highest BCUT2D eigenvalue weighted by atomic mass is 35.5. The van der Waals surface area contributed by atoms with Crippen LogP contribution >= 0.6 is 23.2 Å². The van der Waals surface area contributed by atoms with Crippen molar-refractivity contribution in [2.24, 2.45) is 0 Å². The Morgan fingerprint density at radius 2 is 1.81 bits per heavy atom. The number of fused-ring (bicyclic) bond motifs is 1. The highest BCUT2D eigenvalue weighted by molar-refractivity contribution is 6.31. The van der Waals surface area contributed by atoms with E-state index in [1.807, 2.05) is 0 Å². The average molecular weight is 334 g/mol. The van der Waals surface area contributed by atoms with Gasteiger partial charge in [-0.25, -0.2) is 9.97 Å². The highest BCUT2D eigenvalue weighted by Crippen LogP contribution is 2.35. The summed E-state index contributed by atoms with van der Waals surface area (Å²) in [6.45, 7) is 0. The third-order valence-corrected chi connectivity index (χ3v) is 3.13. The number of halogens is 5. The third kappa shape index (κ3) is 2.52. The summed E-state index contributed by atoms with van der Waals surface area (Å²) < 4.78 is 39.7. The molecule has 108 valence electrons. The molecule has 0 radical (unpaired) electrons. The lowest BCUT2D eigenvalue weighted by Crippen LogP contribution is -2.09. The average Bonchev–Trinajstić information content (AvgIpc) is 2.81. The van der Waals surface area contributed by atoms with Crippen LogP contribution in [0.25, 0.3) is 16.9 Å². The van der Waals surface area contributed by atoms with Gasteiger partial charge >= 0.3 is 6.18 Å². The molecular formula is C11H4Cl2F3N5. The SMILES string of the molecule is FC(F)(F)c1cc(-n2ncc3cnc(Cl)nc32)ncc1Cl. The van der Waals surface area contributed by atoms with Gasteiger partial charge in [0, 0.05) is 12.4 Å². The highest BCUT2D eigenvalue weighted by Gasteiger charge is 2.34. The molecule has 0 unspecified atom stereocenters. The van der Waals surface area contributed by atoms with Crippen LogP contribution in [0.5, 0.6) is 0 Å². The molecule has 21 heavy (non-hydrogen) atoms. The maximum Gasteiger partial charge on any atom is 0.418 e. The molecule has 0 N–H and O–H groups in total. The molecule has 3 aromatic rings. The minimum Gasteiger partial charge on any atom is -0.235 e. The zero-order valence-corrected chi connectivity index (χ0v) is 11.4. The molecule has 0 aliphatic rings. The van der Waals surface area contributed by atoms with E-state index in [1.165, 1.54) is 12.4 Å². The van der Waals surface area contributed by atoms with Gasteiger partial charge in [0.15, 0.2) is 11.5 Å². The van der Waals surface area contributed by atoms with Crippen molar-refractivity contribution in [2.45, 2.75) is 6.18 Å². The van der Waals surface area contributed by atoms with Gasteiger partial charge in [-0.15, -0.1) is 0 Å². The summed E-state index contributed by atoms with van der Waals surface area (Å²) >= 11 is 11.2. The summed E-state index contributed by atoms with van der Waals surface area (Å²) in [4.78, 5) is 11.5. The second-order valence-corrected chi connectivity index (χ2v) is 4.74. The van der Waals surface area contributed by atoms with Crippen molar-refractivity contribution < 1.29 is 13.2 Å². The van der Waals surface area contributed by atoms with E-state index < -0.39 is 16.8 Å². The fourth-order valence-corrected chi connectivity index (χ4v) is 2.06. The van der Waals surface area contributed by atoms with Crippen LogP contribution in [0.3, 0.4) is 0 Å². The second kappa shape index (κ2) is 4.81. The topological polar surface area (TPSA) is 56.5 Å². The Balaban J connectivity index is 2.21. The van der Waals surface area contributed by atoms with Crippen LogP contribution in [0.4, 0.5) is 13.2 Å². The first-order chi connectivity index (χ1) is 9.86. The minimum absolute atomic E-state index is 0.0470. The largest absolute Gasteiger partial charge is 0.418 e. The second-order valence-electron chi connectivity index (χ2n) is 3.99. The van der Waals surface area contributed by atoms with Crippen LogP contribution in [-0.2, 0) is 6.18 Å². The van der Waals surface area contributed by atoms with Crippen molar-refractivity contribution in [1.82, 2.24) is 24.7 Å². The summed E-state index contributed by atoms with van der Waals surface area (Å²) in [7, 11) is 0. The van der Waals surface area contributed by atoms with Gasteiger partial charge in [-0.2, -0.15) is 27.9 Å².